The van der Waals surface area contributed by atoms with Gasteiger partial charge in [0.1, 0.15) is 27.1 Å². The third kappa shape index (κ3) is 5.02. The maximum atomic E-state index is 12.8. The van der Waals surface area contributed by atoms with Crippen LogP contribution in [0.3, 0.4) is 0 Å². The van der Waals surface area contributed by atoms with E-state index in [9.17, 15) is 22.8 Å². The maximum absolute atomic E-state index is 12.8. The van der Waals surface area contributed by atoms with Gasteiger partial charge >= 0.3 is 6.18 Å². The van der Waals surface area contributed by atoms with Crippen LogP contribution in [0.25, 0.3) is 0 Å². The van der Waals surface area contributed by atoms with Crippen molar-refractivity contribution in [3.8, 4) is 0 Å². The van der Waals surface area contributed by atoms with Gasteiger partial charge in [0.05, 0.1) is 18.3 Å². The van der Waals surface area contributed by atoms with E-state index < -0.39 is 23.6 Å². The summed E-state index contributed by atoms with van der Waals surface area (Å²) in [6, 6.07) is 4.27. The number of alkyl halides is 3. The quantitative estimate of drug-likeness (QED) is 0.541. The highest BCUT2D eigenvalue weighted by molar-refractivity contribution is 7.13. The Bertz CT molecular complexity index is 1110. The lowest BCUT2D eigenvalue weighted by Crippen LogP contribution is -2.24. The molecule has 0 fully saturated rings. The summed E-state index contributed by atoms with van der Waals surface area (Å²) >= 11 is 6.85. The number of nitrogens with zero attached hydrogens (tertiary/aromatic N) is 3. The average Bonchev–Trinajstić information content (AvgIpc) is 3.17. The van der Waals surface area contributed by atoms with Crippen molar-refractivity contribution in [3.05, 3.63) is 63.0 Å². The number of rotatable bonds is 5. The summed E-state index contributed by atoms with van der Waals surface area (Å²) in [6.45, 7) is -0.0272. The van der Waals surface area contributed by atoms with Gasteiger partial charge in [0.15, 0.2) is 5.69 Å². The molecule has 3 aromatic rings. The van der Waals surface area contributed by atoms with E-state index in [1.54, 1.807) is 0 Å². The van der Waals surface area contributed by atoms with Crippen LogP contribution >= 0.6 is 22.9 Å². The van der Waals surface area contributed by atoms with E-state index in [1.807, 2.05) is 0 Å². The van der Waals surface area contributed by atoms with Gasteiger partial charge in [-0.25, -0.2) is 15.0 Å². The van der Waals surface area contributed by atoms with E-state index in [1.165, 1.54) is 18.3 Å². The molecular weight excluding hydrogens is 445 g/mol. The third-order valence-electron chi connectivity index (χ3n) is 3.66. The summed E-state index contributed by atoms with van der Waals surface area (Å²) in [4.78, 5) is 36.0. The van der Waals surface area contributed by atoms with Crippen LogP contribution in [0, 0.1) is 0 Å². The molecule has 0 aliphatic carbocycles. The first kappa shape index (κ1) is 21.5. The van der Waals surface area contributed by atoms with Crippen molar-refractivity contribution >= 4 is 46.3 Å². The molecule has 0 bridgehead atoms. The van der Waals surface area contributed by atoms with Crippen LogP contribution in [0.2, 0.25) is 5.02 Å². The Morgan fingerprint density at radius 3 is 2.67 bits per heavy atom. The fraction of sp³-hybridized carbons (Fsp3) is 0.118. The fourth-order valence-corrected chi connectivity index (χ4v) is 3.18. The summed E-state index contributed by atoms with van der Waals surface area (Å²) in [5.74, 6) is -1.28. The summed E-state index contributed by atoms with van der Waals surface area (Å²) in [5.41, 5.74) is 4.53. The third-order valence-corrected chi connectivity index (χ3v) is 5.03. The van der Waals surface area contributed by atoms with Crippen LogP contribution in [-0.4, -0.2) is 26.8 Å². The van der Waals surface area contributed by atoms with Crippen molar-refractivity contribution in [2.75, 3.05) is 11.1 Å². The van der Waals surface area contributed by atoms with Gasteiger partial charge < -0.3 is 16.4 Å². The molecule has 0 aliphatic rings. The number of hydrogen-bond donors (Lipinski definition) is 3. The first-order valence-electron chi connectivity index (χ1n) is 8.12. The molecule has 0 radical (unpaired) electrons. The number of hydrogen-bond acceptors (Lipinski definition) is 7. The largest absolute Gasteiger partial charge is 0.416 e. The van der Waals surface area contributed by atoms with E-state index >= 15 is 0 Å². The summed E-state index contributed by atoms with van der Waals surface area (Å²) < 4.78 is 38.3. The number of carbonyl (C=O) groups excluding carboxylic acids is 2. The van der Waals surface area contributed by atoms with Crippen LogP contribution in [0.1, 0.15) is 30.7 Å². The van der Waals surface area contributed by atoms with Gasteiger partial charge in [0, 0.05) is 5.69 Å². The molecule has 0 aliphatic heterocycles. The highest BCUT2D eigenvalue weighted by Crippen LogP contribution is 2.30. The molecule has 0 spiro atoms. The first-order chi connectivity index (χ1) is 14.1. The lowest BCUT2D eigenvalue weighted by molar-refractivity contribution is -0.137. The summed E-state index contributed by atoms with van der Waals surface area (Å²) in [5, 5.41) is 5.21. The van der Waals surface area contributed by atoms with Gasteiger partial charge in [-0.1, -0.05) is 17.7 Å². The standard InChI is InChI=1S/C17H12ClF3N6O2S/c18-12-13(25-7-26-14(12)22)16(29)24-6-11-23-5-10(30-11)15(28)27-9-3-1-2-8(4-9)17(19,20)21/h1-5,7H,6H2,(H,24,29)(H,27,28)(H2,22,25,26). The second kappa shape index (κ2) is 8.63. The van der Waals surface area contributed by atoms with Gasteiger partial charge in [-0.15, -0.1) is 11.3 Å². The average molecular weight is 457 g/mol. The van der Waals surface area contributed by atoms with Crippen molar-refractivity contribution in [1.29, 1.82) is 0 Å². The molecule has 8 nitrogen and oxygen atoms in total. The second-order valence-electron chi connectivity index (χ2n) is 5.76. The summed E-state index contributed by atoms with van der Waals surface area (Å²) in [7, 11) is 0. The number of amides is 2. The summed E-state index contributed by atoms with van der Waals surface area (Å²) in [6.07, 6.45) is -2.17. The normalized spacial score (nSPS) is 11.2. The molecule has 0 unspecified atom stereocenters. The molecule has 2 amide bonds. The van der Waals surface area contributed by atoms with Gasteiger partial charge in [0.25, 0.3) is 11.8 Å². The second-order valence-corrected chi connectivity index (χ2v) is 7.25. The molecule has 1 aromatic carbocycles. The van der Waals surface area contributed by atoms with Gasteiger partial charge in [-0.2, -0.15) is 13.2 Å². The van der Waals surface area contributed by atoms with Crippen molar-refractivity contribution in [2.24, 2.45) is 0 Å². The SMILES string of the molecule is Nc1ncnc(C(=O)NCc2ncc(C(=O)Nc3cccc(C(F)(F)F)c3)s2)c1Cl. The van der Waals surface area contributed by atoms with Crippen LogP contribution in [-0.2, 0) is 12.7 Å². The van der Waals surface area contributed by atoms with Crippen LogP contribution < -0.4 is 16.4 Å². The van der Waals surface area contributed by atoms with Crippen LogP contribution in [0.4, 0.5) is 24.7 Å². The molecule has 0 saturated heterocycles. The topological polar surface area (TPSA) is 123 Å². The van der Waals surface area contributed by atoms with Crippen LogP contribution in [0.15, 0.2) is 36.8 Å². The van der Waals surface area contributed by atoms with Crippen molar-refractivity contribution in [2.45, 2.75) is 12.7 Å². The number of nitrogen functional groups attached to an aromatic ring is 1. The number of nitrogens with two attached hydrogens (primary N) is 1. The Labute approximate surface area is 176 Å². The Balaban J connectivity index is 1.63. The van der Waals surface area contributed by atoms with Crippen molar-refractivity contribution in [1.82, 2.24) is 20.3 Å². The molecule has 2 heterocycles. The minimum atomic E-state index is -4.52. The lowest BCUT2D eigenvalue weighted by atomic mass is 10.2. The van der Waals surface area contributed by atoms with Gasteiger partial charge in [-0.05, 0) is 18.2 Å². The Morgan fingerprint density at radius 1 is 1.17 bits per heavy atom. The minimum absolute atomic E-state index is 0.00549. The molecule has 0 atom stereocenters. The number of benzene rings is 1. The molecule has 0 saturated carbocycles. The molecule has 2 aromatic heterocycles. The molecule has 3 rings (SSSR count). The Hall–Kier alpha value is -3.25. The fourth-order valence-electron chi connectivity index (χ4n) is 2.24. The zero-order valence-electron chi connectivity index (χ0n) is 14.8. The molecule has 4 N–H and O–H groups in total. The predicted molar refractivity (Wildman–Crippen MR) is 104 cm³/mol. The minimum Gasteiger partial charge on any atom is -0.382 e. The predicted octanol–water partition coefficient (Wildman–Crippen LogP) is 3.37. The Morgan fingerprint density at radius 2 is 1.93 bits per heavy atom. The number of thiazole rings is 1. The van der Waals surface area contributed by atoms with E-state index in [0.717, 1.165) is 29.8 Å². The van der Waals surface area contributed by atoms with E-state index in [4.69, 9.17) is 17.3 Å². The number of aromatic nitrogens is 3. The Kier molecular flexibility index (Phi) is 6.17. The lowest BCUT2D eigenvalue weighted by Gasteiger charge is -2.09. The highest BCUT2D eigenvalue weighted by atomic mass is 35.5. The van der Waals surface area contributed by atoms with Crippen molar-refractivity contribution < 1.29 is 22.8 Å². The zero-order chi connectivity index (χ0) is 21.9. The number of anilines is 2. The van der Waals surface area contributed by atoms with E-state index in [0.29, 0.717) is 5.01 Å². The maximum Gasteiger partial charge on any atom is 0.416 e. The van der Waals surface area contributed by atoms with Gasteiger partial charge in [-0.3, -0.25) is 9.59 Å². The van der Waals surface area contributed by atoms with E-state index in [2.05, 4.69) is 25.6 Å². The van der Waals surface area contributed by atoms with E-state index in [-0.39, 0.29) is 33.6 Å². The molecule has 13 heteroatoms. The molecular formula is C17H12ClF3N6O2S. The first-order valence-corrected chi connectivity index (χ1v) is 9.32. The number of nitrogens with one attached hydrogen (secondary N) is 2. The zero-order valence-corrected chi connectivity index (χ0v) is 16.4. The number of halogens is 4. The monoisotopic (exact) mass is 456 g/mol. The highest BCUT2D eigenvalue weighted by Gasteiger charge is 2.30. The number of carbonyl (C=O) groups is 2. The van der Waals surface area contributed by atoms with Crippen LogP contribution in [0.5, 0.6) is 0 Å². The smallest absolute Gasteiger partial charge is 0.382 e. The molecule has 30 heavy (non-hydrogen) atoms. The van der Waals surface area contributed by atoms with Gasteiger partial charge in [0.2, 0.25) is 0 Å². The van der Waals surface area contributed by atoms with Crippen molar-refractivity contribution in [3.63, 3.8) is 0 Å². The molecule has 156 valence electrons.